The number of ether oxygens (including phenoxy) is 8. The molecule has 0 unspecified atom stereocenters. The minimum atomic E-state index is -0.523. The lowest BCUT2D eigenvalue weighted by Gasteiger charge is -2.13. The fourth-order valence-corrected chi connectivity index (χ4v) is 8.16. The average molecular weight is 1060 g/mol. The molecule has 0 saturated heterocycles. The molecule has 14 nitrogen and oxygen atoms in total. The average Bonchev–Trinajstić information content (AvgIpc) is 3.47. The smallest absolute Gasteiger partial charge is 0.343 e. The number of hydrogen-bond acceptors (Lipinski definition) is 14. The fraction of sp³-hybridized carbons (Fsp3) is 0.406. The number of methoxy groups -OCH3 is 2. The molecule has 6 aromatic carbocycles. The van der Waals surface area contributed by atoms with Gasteiger partial charge in [0.25, 0.3) is 0 Å². The van der Waals surface area contributed by atoms with E-state index in [1.54, 1.807) is 148 Å². The van der Waals surface area contributed by atoms with E-state index < -0.39 is 11.9 Å². The second-order valence-corrected chi connectivity index (χ2v) is 18.9. The van der Waals surface area contributed by atoms with E-state index in [4.69, 9.17) is 37.9 Å². The van der Waals surface area contributed by atoms with Gasteiger partial charge in [0.2, 0.25) is 0 Å². The summed E-state index contributed by atoms with van der Waals surface area (Å²) in [4.78, 5) is 26.7. The van der Waals surface area contributed by atoms with Gasteiger partial charge >= 0.3 is 11.9 Å². The minimum Gasteiger partial charge on any atom is -0.497 e. The number of benzene rings is 6. The van der Waals surface area contributed by atoms with Crippen LogP contribution in [0.3, 0.4) is 0 Å². The molecule has 0 aliphatic heterocycles. The van der Waals surface area contributed by atoms with Crippen molar-refractivity contribution in [3.05, 3.63) is 145 Å². The zero-order valence-corrected chi connectivity index (χ0v) is 46.1. The monoisotopic (exact) mass is 1060 g/mol. The Kier molecular flexibility index (Phi) is 26.6. The van der Waals surface area contributed by atoms with Gasteiger partial charge in [-0.1, -0.05) is 104 Å². The second kappa shape index (κ2) is 34.8. The Morgan fingerprint density at radius 2 is 0.641 bits per heavy atom. The van der Waals surface area contributed by atoms with Crippen LogP contribution in [-0.2, 0) is 0 Å². The first-order valence-electron chi connectivity index (χ1n) is 27.9. The van der Waals surface area contributed by atoms with Crippen LogP contribution in [0.5, 0.6) is 46.0 Å². The molecule has 0 atom stereocenters. The quantitative estimate of drug-likeness (QED) is 0.0159. The number of carbonyl (C=O) groups is 2. The highest BCUT2D eigenvalue weighted by atomic mass is 16.5. The molecule has 0 aliphatic carbocycles. The summed E-state index contributed by atoms with van der Waals surface area (Å²) in [5.41, 5.74) is 2.88. The number of azo groups is 2. The Morgan fingerprint density at radius 1 is 0.333 bits per heavy atom. The van der Waals surface area contributed by atoms with E-state index in [-0.39, 0.29) is 24.7 Å². The summed E-state index contributed by atoms with van der Waals surface area (Å²) in [6.45, 7) is 6.29. The summed E-state index contributed by atoms with van der Waals surface area (Å²) in [6.07, 6.45) is 20.8. The van der Waals surface area contributed by atoms with Crippen molar-refractivity contribution < 1.29 is 47.5 Å². The molecular formula is C64H78N4O10. The molecule has 414 valence electrons. The molecule has 0 aliphatic rings. The SMILES string of the molecule is CCCCCCCCCCOc1ccc(C(=O)Oc2ccc(N=Nc3ccc(OC)cc3)c(OCCCCOc3cc(OC(=O)c4ccc(OCCCCCCCCCC)cc4)ccc3N=Nc3ccc(OC)cc3)c2)cc1. The van der Waals surface area contributed by atoms with Crippen molar-refractivity contribution in [2.24, 2.45) is 20.5 Å². The van der Waals surface area contributed by atoms with E-state index in [0.717, 1.165) is 25.7 Å². The summed E-state index contributed by atoms with van der Waals surface area (Å²) in [5.74, 6) is 3.08. The normalized spacial score (nSPS) is 11.2. The lowest BCUT2D eigenvalue weighted by molar-refractivity contribution is 0.0724. The van der Waals surface area contributed by atoms with Gasteiger partial charge < -0.3 is 37.9 Å². The van der Waals surface area contributed by atoms with E-state index in [2.05, 4.69) is 34.3 Å². The van der Waals surface area contributed by atoms with Crippen molar-refractivity contribution in [1.29, 1.82) is 0 Å². The van der Waals surface area contributed by atoms with Crippen molar-refractivity contribution >= 4 is 34.7 Å². The highest BCUT2D eigenvalue weighted by Gasteiger charge is 2.15. The predicted octanol–water partition coefficient (Wildman–Crippen LogP) is 18.2. The summed E-state index contributed by atoms with van der Waals surface area (Å²) in [6, 6.07) is 38.3. The molecule has 0 aromatic heterocycles. The molecule has 78 heavy (non-hydrogen) atoms. The van der Waals surface area contributed by atoms with Gasteiger partial charge in [0.1, 0.15) is 45.9 Å². The molecule has 0 bridgehead atoms. The molecule has 0 heterocycles. The van der Waals surface area contributed by atoms with Crippen LogP contribution in [-0.4, -0.2) is 52.6 Å². The summed E-state index contributed by atoms with van der Waals surface area (Å²) >= 11 is 0. The Balaban J connectivity index is 1.04. The predicted molar refractivity (Wildman–Crippen MR) is 306 cm³/mol. The minimum absolute atomic E-state index is 0.275. The van der Waals surface area contributed by atoms with Crippen molar-refractivity contribution in [3.63, 3.8) is 0 Å². The van der Waals surface area contributed by atoms with Gasteiger partial charge in [0.15, 0.2) is 11.5 Å². The van der Waals surface area contributed by atoms with Gasteiger partial charge in [0, 0.05) is 12.1 Å². The van der Waals surface area contributed by atoms with Crippen LogP contribution in [0.15, 0.2) is 154 Å². The number of esters is 2. The molecule has 0 amide bonds. The van der Waals surface area contributed by atoms with Crippen LogP contribution in [0, 0.1) is 0 Å². The Bertz CT molecular complexity index is 2540. The van der Waals surface area contributed by atoms with Crippen LogP contribution in [0.4, 0.5) is 22.7 Å². The van der Waals surface area contributed by atoms with E-state index >= 15 is 0 Å². The van der Waals surface area contributed by atoms with Crippen molar-refractivity contribution in [3.8, 4) is 46.0 Å². The van der Waals surface area contributed by atoms with Gasteiger partial charge in [-0.3, -0.25) is 0 Å². The Hall–Kier alpha value is -7.74. The maximum absolute atomic E-state index is 13.3. The van der Waals surface area contributed by atoms with Gasteiger partial charge in [-0.05, 0) is 147 Å². The van der Waals surface area contributed by atoms with Crippen molar-refractivity contribution in [1.82, 2.24) is 0 Å². The molecule has 0 fully saturated rings. The molecular weight excluding hydrogens is 985 g/mol. The summed E-state index contributed by atoms with van der Waals surface area (Å²) < 4.78 is 46.7. The standard InChI is InChI=1S/C64H78N4O10/c1-5-7-9-11-13-15-17-19-43-73-55-31-23-49(24-32-55)63(69)77-57-39-41-59(67-65-51-27-35-53(71-3)36-28-51)61(47-57)75-45-21-22-46-76-62-48-58(40-42-60(62)68-66-52-29-37-54(72-4)38-30-52)78-64(70)50-25-33-56(34-26-50)74-44-20-18-16-14-12-10-8-6-2/h23-42,47-48H,5-22,43-46H2,1-4H3. The number of carbonyl (C=O) groups excluding carboxylic acids is 2. The molecule has 14 heteroatoms. The first-order chi connectivity index (χ1) is 38.3. The number of hydrogen-bond donors (Lipinski definition) is 0. The number of nitrogens with zero attached hydrogens (tertiary/aromatic N) is 4. The van der Waals surface area contributed by atoms with Crippen LogP contribution >= 0.6 is 0 Å². The molecule has 6 aromatic rings. The van der Waals surface area contributed by atoms with Gasteiger partial charge in [0.05, 0.1) is 63.1 Å². The molecule has 0 saturated carbocycles. The fourth-order valence-electron chi connectivity index (χ4n) is 8.16. The van der Waals surface area contributed by atoms with Crippen LogP contribution < -0.4 is 37.9 Å². The van der Waals surface area contributed by atoms with Crippen molar-refractivity contribution in [2.45, 2.75) is 129 Å². The second-order valence-electron chi connectivity index (χ2n) is 18.9. The third kappa shape index (κ3) is 21.7. The topological polar surface area (TPSA) is 157 Å². The Labute approximate surface area is 461 Å². The van der Waals surface area contributed by atoms with E-state index in [0.29, 0.717) is 94.4 Å². The number of unbranched alkanes of at least 4 members (excludes halogenated alkanes) is 15. The van der Waals surface area contributed by atoms with Gasteiger partial charge in [-0.15, -0.1) is 10.2 Å². The summed E-state index contributed by atoms with van der Waals surface area (Å²) in [5, 5.41) is 17.8. The third-order valence-corrected chi connectivity index (χ3v) is 12.7. The van der Waals surface area contributed by atoms with Crippen LogP contribution in [0.25, 0.3) is 0 Å². The maximum Gasteiger partial charge on any atom is 0.343 e. The van der Waals surface area contributed by atoms with Crippen molar-refractivity contribution in [2.75, 3.05) is 40.6 Å². The van der Waals surface area contributed by atoms with Gasteiger partial charge in [-0.2, -0.15) is 10.2 Å². The molecule has 6 rings (SSSR count). The van der Waals surface area contributed by atoms with Crippen LogP contribution in [0.1, 0.15) is 150 Å². The highest BCUT2D eigenvalue weighted by Crippen LogP contribution is 2.36. The van der Waals surface area contributed by atoms with E-state index in [1.807, 2.05) is 0 Å². The first kappa shape index (κ1) is 59.5. The first-order valence-corrected chi connectivity index (χ1v) is 27.9. The largest absolute Gasteiger partial charge is 0.497 e. The van der Waals surface area contributed by atoms with E-state index in [9.17, 15) is 9.59 Å². The summed E-state index contributed by atoms with van der Waals surface area (Å²) in [7, 11) is 3.20. The zero-order chi connectivity index (χ0) is 54.8. The molecule has 0 N–H and O–H groups in total. The lowest BCUT2D eigenvalue weighted by Crippen LogP contribution is -2.09. The highest BCUT2D eigenvalue weighted by molar-refractivity contribution is 5.92. The third-order valence-electron chi connectivity index (χ3n) is 12.7. The molecule has 0 radical (unpaired) electrons. The maximum atomic E-state index is 13.3. The molecule has 0 spiro atoms. The zero-order valence-electron chi connectivity index (χ0n) is 46.1. The van der Waals surface area contributed by atoms with Crippen LogP contribution in [0.2, 0.25) is 0 Å². The number of rotatable bonds is 37. The van der Waals surface area contributed by atoms with Gasteiger partial charge in [-0.25, -0.2) is 9.59 Å². The Morgan fingerprint density at radius 3 is 1.00 bits per heavy atom. The lowest BCUT2D eigenvalue weighted by atomic mass is 10.1. The van der Waals surface area contributed by atoms with E-state index in [1.165, 1.54) is 77.0 Å².